The first-order valence-electron chi connectivity index (χ1n) is 3.59. The Balaban J connectivity index is 2.51. The van der Waals surface area contributed by atoms with Crippen LogP contribution in [0.1, 0.15) is 12.8 Å². The maximum absolute atomic E-state index is 11.0. The number of terminal acetylenes is 1. The van der Waals surface area contributed by atoms with Crippen LogP contribution in [0.25, 0.3) is 0 Å². The van der Waals surface area contributed by atoms with Crippen LogP contribution in [0.5, 0.6) is 0 Å². The highest BCUT2D eigenvalue weighted by molar-refractivity contribution is 5.83. The van der Waals surface area contributed by atoms with E-state index in [0.717, 1.165) is 4.68 Å². The highest BCUT2D eigenvalue weighted by atomic mass is 16.2. The van der Waals surface area contributed by atoms with Crippen molar-refractivity contribution < 1.29 is 4.79 Å². The summed E-state index contributed by atoms with van der Waals surface area (Å²) in [4.78, 5) is 21.8. The van der Waals surface area contributed by atoms with Crippen LogP contribution in [0.15, 0.2) is 11.1 Å². The average molecular weight is 180 g/mol. The van der Waals surface area contributed by atoms with Crippen LogP contribution >= 0.6 is 0 Å². The Morgan fingerprint density at radius 1 is 1.85 bits per heavy atom. The number of nitrogens with zero attached hydrogens (tertiary/aromatic N) is 2. The smallest absolute Gasteiger partial charge is 0.273 e. The molecule has 0 bridgehead atoms. The van der Waals surface area contributed by atoms with Gasteiger partial charge in [0.2, 0.25) is 5.91 Å². The summed E-state index contributed by atoms with van der Waals surface area (Å²) in [6.07, 6.45) is 6.67. The summed E-state index contributed by atoms with van der Waals surface area (Å²) >= 11 is 0. The lowest BCUT2D eigenvalue weighted by Gasteiger charge is -2.00. The fourth-order valence-electron chi connectivity index (χ4n) is 0.704. The maximum atomic E-state index is 11.0. The van der Waals surface area contributed by atoms with Crippen molar-refractivity contribution >= 4 is 5.91 Å². The molecule has 1 aromatic rings. The van der Waals surface area contributed by atoms with Crippen molar-refractivity contribution in [1.82, 2.24) is 14.9 Å². The number of nitrogens with one attached hydrogen (secondary N) is 2. The molecule has 0 saturated carbocycles. The van der Waals surface area contributed by atoms with Gasteiger partial charge in [-0.15, -0.1) is 12.3 Å². The Hall–Kier alpha value is -2.03. The highest BCUT2D eigenvalue weighted by Crippen LogP contribution is 1.86. The standard InChI is InChI=1S/C7H8N4O2/c1-2-3-4-6(12)10-11-5-8-9-7(11)13/h1,5H,3-4H2,(H,9,13)(H,10,12). The van der Waals surface area contributed by atoms with E-state index in [2.05, 4.69) is 21.5 Å². The van der Waals surface area contributed by atoms with Gasteiger partial charge in [-0.05, 0) is 0 Å². The van der Waals surface area contributed by atoms with E-state index in [0.29, 0.717) is 6.42 Å². The fourth-order valence-corrected chi connectivity index (χ4v) is 0.704. The second-order valence-electron chi connectivity index (χ2n) is 2.27. The molecular weight excluding hydrogens is 172 g/mol. The number of aromatic amines is 1. The molecule has 6 nitrogen and oxygen atoms in total. The van der Waals surface area contributed by atoms with Gasteiger partial charge in [0.25, 0.3) is 0 Å². The van der Waals surface area contributed by atoms with Crippen molar-refractivity contribution in [1.29, 1.82) is 0 Å². The van der Waals surface area contributed by atoms with E-state index in [1.165, 1.54) is 6.33 Å². The zero-order valence-corrected chi connectivity index (χ0v) is 6.78. The van der Waals surface area contributed by atoms with E-state index in [9.17, 15) is 9.59 Å². The van der Waals surface area contributed by atoms with E-state index < -0.39 is 5.69 Å². The molecule has 0 aromatic carbocycles. The van der Waals surface area contributed by atoms with E-state index in [1.807, 2.05) is 0 Å². The Bertz CT molecular complexity index is 384. The van der Waals surface area contributed by atoms with E-state index in [-0.39, 0.29) is 12.3 Å². The van der Waals surface area contributed by atoms with Gasteiger partial charge in [-0.2, -0.15) is 9.77 Å². The molecule has 0 spiro atoms. The quantitative estimate of drug-likeness (QED) is 0.589. The van der Waals surface area contributed by atoms with Crippen LogP contribution in [-0.4, -0.2) is 20.8 Å². The number of carbonyl (C=O) groups excluding carboxylic acids is 1. The zero-order chi connectivity index (χ0) is 9.68. The minimum atomic E-state index is -0.492. The first-order valence-corrected chi connectivity index (χ1v) is 3.59. The molecule has 0 aliphatic heterocycles. The van der Waals surface area contributed by atoms with Crippen molar-refractivity contribution in [2.75, 3.05) is 5.43 Å². The molecule has 0 aliphatic carbocycles. The lowest BCUT2D eigenvalue weighted by Crippen LogP contribution is -2.30. The van der Waals surface area contributed by atoms with Crippen molar-refractivity contribution in [3.63, 3.8) is 0 Å². The molecule has 13 heavy (non-hydrogen) atoms. The summed E-state index contributed by atoms with van der Waals surface area (Å²) in [5, 5.41) is 5.56. The molecule has 0 saturated heterocycles. The zero-order valence-electron chi connectivity index (χ0n) is 6.78. The largest absolute Gasteiger partial charge is 0.362 e. The number of amides is 1. The lowest BCUT2D eigenvalue weighted by atomic mass is 10.3. The number of hydrogen-bond donors (Lipinski definition) is 2. The molecule has 1 heterocycles. The van der Waals surface area contributed by atoms with Gasteiger partial charge in [0.15, 0.2) is 0 Å². The second kappa shape index (κ2) is 4.11. The van der Waals surface area contributed by atoms with Gasteiger partial charge in [0, 0.05) is 12.8 Å². The third-order valence-corrected chi connectivity index (χ3v) is 1.29. The molecule has 1 aromatic heterocycles. The molecule has 6 heteroatoms. The van der Waals surface area contributed by atoms with Gasteiger partial charge in [-0.1, -0.05) is 0 Å². The summed E-state index contributed by atoms with van der Waals surface area (Å²) in [6, 6.07) is 0. The third-order valence-electron chi connectivity index (χ3n) is 1.29. The van der Waals surface area contributed by atoms with Gasteiger partial charge in [0.1, 0.15) is 6.33 Å². The van der Waals surface area contributed by atoms with Crippen molar-refractivity contribution in [2.24, 2.45) is 0 Å². The lowest BCUT2D eigenvalue weighted by molar-refractivity contribution is -0.117. The second-order valence-corrected chi connectivity index (χ2v) is 2.27. The molecule has 0 atom stereocenters. The van der Waals surface area contributed by atoms with E-state index in [1.54, 1.807) is 0 Å². The van der Waals surface area contributed by atoms with Gasteiger partial charge in [0.05, 0.1) is 0 Å². The molecule has 0 unspecified atom stereocenters. The van der Waals surface area contributed by atoms with Crippen LogP contribution in [0.2, 0.25) is 0 Å². The number of H-pyrrole nitrogens is 1. The molecule has 0 aliphatic rings. The molecule has 0 radical (unpaired) electrons. The van der Waals surface area contributed by atoms with Crippen LogP contribution in [-0.2, 0) is 4.79 Å². The monoisotopic (exact) mass is 180 g/mol. The SMILES string of the molecule is C#CCCC(=O)Nn1cn[nH]c1=O. The van der Waals surface area contributed by atoms with Crippen LogP contribution < -0.4 is 11.1 Å². The highest BCUT2D eigenvalue weighted by Gasteiger charge is 2.02. The molecule has 1 amide bonds. The predicted molar refractivity (Wildman–Crippen MR) is 45.3 cm³/mol. The summed E-state index contributed by atoms with van der Waals surface area (Å²) in [7, 11) is 0. The minimum Gasteiger partial charge on any atom is -0.273 e. The van der Waals surface area contributed by atoms with Gasteiger partial charge < -0.3 is 0 Å². The first kappa shape index (κ1) is 9.06. The minimum absolute atomic E-state index is 0.189. The van der Waals surface area contributed by atoms with Gasteiger partial charge in [-0.3, -0.25) is 10.2 Å². The summed E-state index contributed by atoms with van der Waals surface area (Å²) in [6.45, 7) is 0. The number of rotatable bonds is 3. The van der Waals surface area contributed by atoms with E-state index in [4.69, 9.17) is 6.42 Å². The van der Waals surface area contributed by atoms with Crippen LogP contribution in [0.4, 0.5) is 0 Å². The average Bonchev–Trinajstić information content (AvgIpc) is 2.48. The normalized spacial score (nSPS) is 9.15. The Kier molecular flexibility index (Phi) is 2.87. The summed E-state index contributed by atoms with van der Waals surface area (Å²) in [5.41, 5.74) is 1.81. The molecule has 68 valence electrons. The number of aromatic nitrogens is 3. The molecule has 1 rings (SSSR count). The number of carbonyl (C=O) groups is 1. The Morgan fingerprint density at radius 2 is 2.62 bits per heavy atom. The maximum Gasteiger partial charge on any atom is 0.362 e. The van der Waals surface area contributed by atoms with Crippen molar-refractivity contribution in [2.45, 2.75) is 12.8 Å². The first-order chi connectivity index (χ1) is 6.24. The summed E-state index contributed by atoms with van der Waals surface area (Å²) < 4.78 is 0.957. The van der Waals surface area contributed by atoms with Gasteiger partial charge in [-0.25, -0.2) is 9.89 Å². The van der Waals surface area contributed by atoms with Crippen LogP contribution in [0, 0.1) is 12.3 Å². The topological polar surface area (TPSA) is 79.8 Å². The molecular formula is C7H8N4O2. The molecule has 2 N–H and O–H groups in total. The van der Waals surface area contributed by atoms with E-state index >= 15 is 0 Å². The van der Waals surface area contributed by atoms with Crippen molar-refractivity contribution in [3.05, 3.63) is 16.8 Å². The number of hydrogen-bond acceptors (Lipinski definition) is 3. The fraction of sp³-hybridized carbons (Fsp3) is 0.286. The van der Waals surface area contributed by atoms with Crippen molar-refractivity contribution in [3.8, 4) is 12.3 Å². The van der Waals surface area contributed by atoms with Gasteiger partial charge >= 0.3 is 5.69 Å². The Labute approximate surface area is 73.9 Å². The molecule has 0 fully saturated rings. The third kappa shape index (κ3) is 2.48. The predicted octanol–water partition coefficient (Wildman–Crippen LogP) is -0.945. The van der Waals surface area contributed by atoms with Crippen LogP contribution in [0.3, 0.4) is 0 Å². The summed E-state index contributed by atoms with van der Waals surface area (Å²) in [5.74, 6) is 2.00. The Morgan fingerprint density at radius 3 is 3.15 bits per heavy atom.